The molecule has 1 fully saturated rings. The second-order valence-electron chi connectivity index (χ2n) is 7.16. The fourth-order valence-corrected chi connectivity index (χ4v) is 3.35. The Balaban J connectivity index is 1.51. The predicted molar refractivity (Wildman–Crippen MR) is 97.7 cm³/mol. The van der Waals surface area contributed by atoms with Crippen LogP contribution in [0.2, 0.25) is 0 Å². The Kier molecular flexibility index (Phi) is 3.86. The van der Waals surface area contributed by atoms with E-state index in [0.29, 0.717) is 18.4 Å². The molecule has 1 N–H and O–H groups in total. The van der Waals surface area contributed by atoms with Crippen molar-refractivity contribution in [2.75, 3.05) is 5.32 Å². The number of furan rings is 1. The number of hydrogen-bond donors (Lipinski definition) is 1. The van der Waals surface area contributed by atoms with Crippen LogP contribution < -0.4 is 5.32 Å². The van der Waals surface area contributed by atoms with Gasteiger partial charge in [0.15, 0.2) is 0 Å². The van der Waals surface area contributed by atoms with Crippen LogP contribution in [0.5, 0.6) is 0 Å². The number of nitrogens with zero attached hydrogens (tertiary/aromatic N) is 2. The van der Waals surface area contributed by atoms with Crippen molar-refractivity contribution in [2.24, 2.45) is 5.92 Å². The quantitative estimate of drug-likeness (QED) is 0.751. The van der Waals surface area contributed by atoms with Gasteiger partial charge in [0.1, 0.15) is 11.4 Å². The molecule has 1 unspecified atom stereocenters. The van der Waals surface area contributed by atoms with Crippen LogP contribution >= 0.6 is 0 Å². The Labute approximate surface area is 147 Å². The molecule has 2 heterocycles. The van der Waals surface area contributed by atoms with E-state index in [0.717, 1.165) is 22.4 Å². The predicted octanol–water partition coefficient (Wildman–Crippen LogP) is 4.40. The lowest BCUT2D eigenvalue weighted by Crippen LogP contribution is -2.19. The van der Waals surface area contributed by atoms with Crippen LogP contribution in [0.25, 0.3) is 11.0 Å². The van der Waals surface area contributed by atoms with Crippen LogP contribution in [0.1, 0.15) is 42.5 Å². The molecule has 1 atom stereocenters. The highest BCUT2D eigenvalue weighted by Crippen LogP contribution is 2.40. The summed E-state index contributed by atoms with van der Waals surface area (Å²) in [5.74, 6) is 1.40. The topological polar surface area (TPSA) is 60.1 Å². The summed E-state index contributed by atoms with van der Waals surface area (Å²) in [4.78, 5) is 12.5. The second-order valence-corrected chi connectivity index (χ2v) is 7.16. The summed E-state index contributed by atoms with van der Waals surface area (Å²) in [7, 11) is 0. The normalized spacial score (nSPS) is 15.5. The summed E-state index contributed by atoms with van der Waals surface area (Å²) in [6.45, 7) is 6.30. The molecule has 1 saturated carbocycles. The number of amides is 1. The third-order valence-electron chi connectivity index (χ3n) is 5.25. The molecule has 5 nitrogen and oxygen atoms in total. The zero-order valence-electron chi connectivity index (χ0n) is 14.9. The van der Waals surface area contributed by atoms with E-state index in [-0.39, 0.29) is 5.91 Å². The van der Waals surface area contributed by atoms with E-state index in [1.54, 1.807) is 12.5 Å². The SMILES string of the molecule is Cc1cc2occ(CC(=O)Nc3ccnn3C(C)C3CC3)c2cc1C. The molecule has 0 aliphatic heterocycles. The summed E-state index contributed by atoms with van der Waals surface area (Å²) < 4.78 is 7.55. The van der Waals surface area contributed by atoms with Crippen molar-refractivity contribution in [3.8, 4) is 0 Å². The van der Waals surface area contributed by atoms with Crippen LogP contribution in [0.15, 0.2) is 35.1 Å². The summed E-state index contributed by atoms with van der Waals surface area (Å²) >= 11 is 0. The Morgan fingerprint density at radius 2 is 2.12 bits per heavy atom. The molecule has 0 spiro atoms. The van der Waals surface area contributed by atoms with Crippen molar-refractivity contribution in [3.05, 3.63) is 47.3 Å². The Hall–Kier alpha value is -2.56. The molecule has 2 aromatic heterocycles. The number of carbonyl (C=O) groups excluding carboxylic acids is 1. The van der Waals surface area contributed by atoms with E-state index in [1.807, 2.05) is 16.8 Å². The van der Waals surface area contributed by atoms with Crippen LogP contribution in [-0.2, 0) is 11.2 Å². The van der Waals surface area contributed by atoms with Gasteiger partial charge in [0.25, 0.3) is 0 Å². The van der Waals surface area contributed by atoms with Crippen LogP contribution in [0, 0.1) is 19.8 Å². The number of benzene rings is 1. The van der Waals surface area contributed by atoms with Gasteiger partial charge in [0.05, 0.1) is 24.9 Å². The standard InChI is InChI=1S/C20H23N3O2/c1-12-8-17-16(11-25-18(17)9-13(12)2)10-20(24)22-19-6-7-21-23(19)14(3)15-4-5-15/h6-9,11,14-15H,4-5,10H2,1-3H3,(H,22,24). The van der Waals surface area contributed by atoms with Gasteiger partial charge in [-0.15, -0.1) is 0 Å². The van der Waals surface area contributed by atoms with E-state index < -0.39 is 0 Å². The lowest BCUT2D eigenvalue weighted by molar-refractivity contribution is -0.115. The highest BCUT2D eigenvalue weighted by atomic mass is 16.3. The molecule has 0 saturated heterocycles. The molecule has 25 heavy (non-hydrogen) atoms. The summed E-state index contributed by atoms with van der Waals surface area (Å²) in [5, 5.41) is 8.40. The van der Waals surface area contributed by atoms with Gasteiger partial charge in [-0.1, -0.05) is 0 Å². The Morgan fingerprint density at radius 1 is 1.36 bits per heavy atom. The van der Waals surface area contributed by atoms with Crippen molar-refractivity contribution < 1.29 is 9.21 Å². The van der Waals surface area contributed by atoms with Crippen molar-refractivity contribution in [1.29, 1.82) is 0 Å². The molecule has 0 radical (unpaired) electrons. The van der Waals surface area contributed by atoms with Crippen molar-refractivity contribution >= 4 is 22.7 Å². The first-order valence-corrected chi connectivity index (χ1v) is 8.83. The lowest BCUT2D eigenvalue weighted by atomic mass is 10.0. The fraction of sp³-hybridized carbons (Fsp3) is 0.400. The molecule has 130 valence electrons. The number of carbonyl (C=O) groups is 1. The maximum atomic E-state index is 12.5. The molecule has 5 heteroatoms. The monoisotopic (exact) mass is 337 g/mol. The van der Waals surface area contributed by atoms with Crippen LogP contribution in [0.3, 0.4) is 0 Å². The molecule has 1 aromatic carbocycles. The zero-order valence-corrected chi connectivity index (χ0v) is 14.9. The molecule has 3 aromatic rings. The highest BCUT2D eigenvalue weighted by Gasteiger charge is 2.30. The van der Waals surface area contributed by atoms with Crippen LogP contribution in [-0.4, -0.2) is 15.7 Å². The molecule has 4 rings (SSSR count). The van der Waals surface area contributed by atoms with E-state index in [4.69, 9.17) is 4.42 Å². The molecular weight excluding hydrogens is 314 g/mol. The first-order valence-electron chi connectivity index (χ1n) is 8.83. The van der Waals surface area contributed by atoms with Gasteiger partial charge < -0.3 is 9.73 Å². The largest absolute Gasteiger partial charge is 0.464 e. The molecule has 1 aliphatic carbocycles. The molecule has 0 bridgehead atoms. The maximum Gasteiger partial charge on any atom is 0.230 e. The third kappa shape index (κ3) is 3.06. The maximum absolute atomic E-state index is 12.5. The van der Waals surface area contributed by atoms with E-state index in [1.165, 1.54) is 24.0 Å². The molecule has 1 aliphatic rings. The first kappa shape index (κ1) is 15.9. The number of nitrogens with one attached hydrogen (secondary N) is 1. The van der Waals surface area contributed by atoms with E-state index >= 15 is 0 Å². The van der Waals surface area contributed by atoms with Crippen molar-refractivity contribution in [3.63, 3.8) is 0 Å². The fourth-order valence-electron chi connectivity index (χ4n) is 3.35. The number of hydrogen-bond acceptors (Lipinski definition) is 3. The van der Waals surface area contributed by atoms with E-state index in [2.05, 4.69) is 37.3 Å². The lowest BCUT2D eigenvalue weighted by Gasteiger charge is -2.15. The smallest absolute Gasteiger partial charge is 0.230 e. The minimum atomic E-state index is -0.0503. The van der Waals surface area contributed by atoms with Gasteiger partial charge in [0.2, 0.25) is 5.91 Å². The minimum Gasteiger partial charge on any atom is -0.464 e. The zero-order chi connectivity index (χ0) is 17.6. The number of rotatable bonds is 5. The second kappa shape index (κ2) is 6.06. The summed E-state index contributed by atoms with van der Waals surface area (Å²) in [6.07, 6.45) is 6.21. The van der Waals surface area contributed by atoms with Gasteiger partial charge in [-0.25, -0.2) is 4.68 Å². The van der Waals surface area contributed by atoms with Crippen molar-refractivity contribution in [2.45, 2.75) is 46.1 Å². The molecular formula is C20H23N3O2. The third-order valence-corrected chi connectivity index (χ3v) is 5.25. The average molecular weight is 337 g/mol. The van der Waals surface area contributed by atoms with Gasteiger partial charge in [-0.05, 0) is 62.8 Å². The van der Waals surface area contributed by atoms with Gasteiger partial charge in [0, 0.05) is 17.0 Å². The summed E-state index contributed by atoms with van der Waals surface area (Å²) in [6, 6.07) is 6.30. The Bertz CT molecular complexity index is 934. The van der Waals surface area contributed by atoms with Gasteiger partial charge >= 0.3 is 0 Å². The first-order chi connectivity index (χ1) is 12.0. The van der Waals surface area contributed by atoms with Crippen LogP contribution in [0.4, 0.5) is 5.82 Å². The highest BCUT2D eigenvalue weighted by molar-refractivity contribution is 5.95. The average Bonchev–Trinajstić information content (AvgIpc) is 3.23. The number of fused-ring (bicyclic) bond motifs is 1. The van der Waals surface area contributed by atoms with Gasteiger partial charge in [-0.3, -0.25) is 4.79 Å². The van der Waals surface area contributed by atoms with Crippen molar-refractivity contribution in [1.82, 2.24) is 9.78 Å². The number of aromatic nitrogens is 2. The minimum absolute atomic E-state index is 0.0503. The number of anilines is 1. The molecule has 1 amide bonds. The summed E-state index contributed by atoms with van der Waals surface area (Å²) in [5.41, 5.74) is 4.14. The number of aryl methyl sites for hydroxylation is 2. The Morgan fingerprint density at radius 3 is 2.88 bits per heavy atom. The van der Waals surface area contributed by atoms with Gasteiger partial charge in [-0.2, -0.15) is 5.10 Å². The van der Waals surface area contributed by atoms with E-state index in [9.17, 15) is 4.79 Å².